The molecule has 0 unspecified atom stereocenters. The molecule has 4 rings (SSSR count). The van der Waals surface area contributed by atoms with E-state index >= 15 is 0 Å². The third kappa shape index (κ3) is 4.23. The van der Waals surface area contributed by atoms with Gasteiger partial charge in [0.15, 0.2) is 11.4 Å². The van der Waals surface area contributed by atoms with Gasteiger partial charge in [-0.1, -0.05) is 35.5 Å². The number of benzene rings is 2. The number of carbonyl (C=O) groups is 1. The van der Waals surface area contributed by atoms with Crippen LogP contribution in [-0.2, 0) is 12.3 Å². The topological polar surface area (TPSA) is 69.3 Å². The molecule has 0 spiro atoms. The summed E-state index contributed by atoms with van der Waals surface area (Å²) < 4.78 is 15.5. The van der Waals surface area contributed by atoms with Gasteiger partial charge in [0.05, 0.1) is 0 Å². The van der Waals surface area contributed by atoms with Crippen LogP contribution in [0.2, 0.25) is 5.02 Å². The molecule has 0 bridgehead atoms. The van der Waals surface area contributed by atoms with Gasteiger partial charge in [-0.25, -0.2) is 23.3 Å². The van der Waals surface area contributed by atoms with Crippen LogP contribution in [-0.4, -0.2) is 24.9 Å². The van der Waals surface area contributed by atoms with Crippen molar-refractivity contribution in [1.82, 2.24) is 19.2 Å². The number of hydrogen-bond acceptors (Lipinski definition) is 5. The molecule has 2 aromatic carbocycles. The number of ketones is 1. The predicted octanol–water partition coefficient (Wildman–Crippen LogP) is 3.86. The zero-order valence-corrected chi connectivity index (χ0v) is 16.5. The highest BCUT2D eigenvalue weighted by molar-refractivity contribution is 7.98. The molecule has 0 saturated carbocycles. The van der Waals surface area contributed by atoms with E-state index in [2.05, 4.69) is 10.1 Å². The van der Waals surface area contributed by atoms with Gasteiger partial charge in [-0.15, -0.1) is 5.10 Å². The van der Waals surface area contributed by atoms with Crippen LogP contribution in [0.3, 0.4) is 0 Å². The maximum atomic E-state index is 13.0. The largest absolute Gasteiger partial charge is 0.350 e. The van der Waals surface area contributed by atoms with Gasteiger partial charge in [-0.2, -0.15) is 0 Å². The summed E-state index contributed by atoms with van der Waals surface area (Å²) in [6.45, 7) is -0.243. The van der Waals surface area contributed by atoms with Crippen LogP contribution in [0.5, 0.6) is 0 Å². The molecule has 0 amide bonds. The Balaban J connectivity index is 1.58. The minimum Gasteiger partial charge on any atom is -0.292 e. The van der Waals surface area contributed by atoms with Crippen LogP contribution in [0, 0.1) is 5.82 Å². The number of Topliss-reactive ketones (excluding diaryl/α,β-unsaturated/α-hetero) is 1. The number of rotatable bonds is 6. The van der Waals surface area contributed by atoms with E-state index in [0.29, 0.717) is 27.0 Å². The first-order valence-electron chi connectivity index (χ1n) is 8.61. The van der Waals surface area contributed by atoms with E-state index in [1.165, 1.54) is 52.8 Å². The second-order valence-electron chi connectivity index (χ2n) is 6.21. The summed E-state index contributed by atoms with van der Waals surface area (Å²) in [6, 6.07) is 12.6. The second-order valence-corrected chi connectivity index (χ2v) is 7.61. The number of fused-ring (bicyclic) bond motifs is 1. The molecule has 0 N–H and O–H groups in total. The lowest BCUT2D eigenvalue weighted by molar-refractivity contribution is 0.0966. The molecule has 0 fully saturated rings. The smallest absolute Gasteiger partial charge is 0.292 e. The van der Waals surface area contributed by atoms with Crippen molar-refractivity contribution in [3.63, 3.8) is 0 Å². The number of carbonyl (C=O) groups excluding carboxylic acids is 1. The van der Waals surface area contributed by atoms with E-state index in [1.807, 2.05) is 24.3 Å². The third-order valence-corrected chi connectivity index (χ3v) is 5.51. The molecular weight excluding hydrogens is 415 g/mol. The fraction of sp³-hybridized carbons (Fsp3) is 0.100. The first-order valence-corrected chi connectivity index (χ1v) is 9.98. The minimum atomic E-state index is -0.439. The van der Waals surface area contributed by atoms with E-state index in [0.717, 1.165) is 10.2 Å². The molecular formula is C20H14ClFN4O2S. The number of hydrogen-bond donors (Lipinski definition) is 0. The first kappa shape index (κ1) is 19.4. The Kier molecular flexibility index (Phi) is 5.46. The van der Waals surface area contributed by atoms with Crippen molar-refractivity contribution in [1.29, 1.82) is 0 Å². The van der Waals surface area contributed by atoms with E-state index in [-0.39, 0.29) is 12.3 Å². The summed E-state index contributed by atoms with van der Waals surface area (Å²) in [5.74, 6) is -0.141. The summed E-state index contributed by atoms with van der Waals surface area (Å²) in [5, 5.41) is 5.53. The van der Waals surface area contributed by atoms with Gasteiger partial charge in [-0.05, 0) is 42.0 Å². The van der Waals surface area contributed by atoms with Gasteiger partial charge >= 0.3 is 5.69 Å². The lowest BCUT2D eigenvalue weighted by atomic mass is 10.1. The average molecular weight is 429 g/mol. The normalized spacial score (nSPS) is 11.1. The van der Waals surface area contributed by atoms with Gasteiger partial charge in [0.2, 0.25) is 0 Å². The summed E-state index contributed by atoms with van der Waals surface area (Å²) in [7, 11) is 0. The molecule has 0 aliphatic carbocycles. The van der Waals surface area contributed by atoms with Gasteiger partial charge in [0.25, 0.3) is 0 Å². The molecule has 0 radical (unpaired) electrons. The molecule has 146 valence electrons. The molecule has 0 atom stereocenters. The molecule has 2 aromatic heterocycles. The van der Waals surface area contributed by atoms with Crippen molar-refractivity contribution in [2.24, 2.45) is 0 Å². The molecule has 0 saturated heterocycles. The van der Waals surface area contributed by atoms with E-state index < -0.39 is 11.5 Å². The Morgan fingerprint density at radius 2 is 1.83 bits per heavy atom. The molecule has 6 nitrogen and oxygen atoms in total. The monoisotopic (exact) mass is 428 g/mol. The van der Waals surface area contributed by atoms with Crippen LogP contribution in [0.25, 0.3) is 5.65 Å². The van der Waals surface area contributed by atoms with Crippen LogP contribution in [0.4, 0.5) is 4.39 Å². The van der Waals surface area contributed by atoms with Crippen LogP contribution < -0.4 is 5.69 Å². The van der Waals surface area contributed by atoms with Crippen LogP contribution in [0.15, 0.2) is 70.7 Å². The fourth-order valence-corrected chi connectivity index (χ4v) is 3.75. The Hall–Kier alpha value is -2.97. The lowest BCUT2D eigenvalue weighted by Crippen LogP contribution is -2.25. The van der Waals surface area contributed by atoms with Gasteiger partial charge in [-0.3, -0.25) is 4.79 Å². The van der Waals surface area contributed by atoms with Gasteiger partial charge < -0.3 is 0 Å². The molecule has 9 heteroatoms. The van der Waals surface area contributed by atoms with E-state index in [9.17, 15) is 14.0 Å². The SMILES string of the molecule is O=C(Cn1nc2c(SCc3ccc(Cl)cc3)nccn2c1=O)c1ccc(F)cc1. The van der Waals surface area contributed by atoms with E-state index in [1.54, 1.807) is 0 Å². The lowest BCUT2D eigenvalue weighted by Gasteiger charge is -2.02. The average Bonchev–Trinajstić information content (AvgIpc) is 3.04. The highest BCUT2D eigenvalue weighted by Gasteiger charge is 2.15. The minimum absolute atomic E-state index is 0.243. The predicted molar refractivity (Wildman–Crippen MR) is 109 cm³/mol. The quantitative estimate of drug-likeness (QED) is 0.344. The summed E-state index contributed by atoms with van der Waals surface area (Å²) in [5.41, 5.74) is 1.30. The van der Waals surface area contributed by atoms with Crippen molar-refractivity contribution in [3.05, 3.63) is 93.4 Å². The fourth-order valence-electron chi connectivity index (χ4n) is 2.73. The summed E-state index contributed by atoms with van der Waals surface area (Å²) in [4.78, 5) is 29.3. The molecule has 4 aromatic rings. The Bertz CT molecular complexity index is 1240. The zero-order valence-electron chi connectivity index (χ0n) is 15.0. The molecule has 0 aliphatic rings. The van der Waals surface area contributed by atoms with Gasteiger partial charge in [0, 0.05) is 28.7 Å². The Morgan fingerprint density at radius 1 is 1.10 bits per heavy atom. The number of thioether (sulfide) groups is 1. The number of aromatic nitrogens is 4. The maximum Gasteiger partial charge on any atom is 0.350 e. The number of halogens is 2. The summed E-state index contributed by atoms with van der Waals surface area (Å²) in [6.07, 6.45) is 3.03. The second kappa shape index (κ2) is 8.18. The Labute approximate surface area is 174 Å². The van der Waals surface area contributed by atoms with Crippen molar-refractivity contribution in [2.45, 2.75) is 17.3 Å². The highest BCUT2D eigenvalue weighted by atomic mass is 35.5. The van der Waals surface area contributed by atoms with Crippen molar-refractivity contribution < 1.29 is 9.18 Å². The summed E-state index contributed by atoms with van der Waals surface area (Å²) >= 11 is 7.34. The molecule has 2 heterocycles. The van der Waals surface area contributed by atoms with Crippen LogP contribution in [0.1, 0.15) is 15.9 Å². The van der Waals surface area contributed by atoms with E-state index in [4.69, 9.17) is 11.6 Å². The standard InChI is InChI=1S/C20H14ClFN4O2S/c21-15-5-1-13(2-6-15)12-29-19-18-24-26(20(28)25(18)10-9-23-19)11-17(27)14-3-7-16(22)8-4-14/h1-10H,11-12H2. The third-order valence-electron chi connectivity index (χ3n) is 4.22. The van der Waals surface area contributed by atoms with Crippen molar-refractivity contribution in [2.75, 3.05) is 0 Å². The first-order chi connectivity index (χ1) is 14.0. The van der Waals surface area contributed by atoms with Crippen molar-refractivity contribution in [3.8, 4) is 0 Å². The maximum absolute atomic E-state index is 13.0. The van der Waals surface area contributed by atoms with Crippen LogP contribution >= 0.6 is 23.4 Å². The zero-order chi connectivity index (χ0) is 20.4. The molecule has 0 aliphatic heterocycles. The highest BCUT2D eigenvalue weighted by Crippen LogP contribution is 2.24. The number of nitrogens with zero attached hydrogens (tertiary/aromatic N) is 4. The Morgan fingerprint density at radius 3 is 2.55 bits per heavy atom. The molecule has 29 heavy (non-hydrogen) atoms. The van der Waals surface area contributed by atoms with Gasteiger partial charge in [0.1, 0.15) is 17.4 Å². The van der Waals surface area contributed by atoms with Crippen molar-refractivity contribution >= 4 is 34.8 Å².